The maximum Gasteiger partial charge on any atom is 0.234 e. The molecule has 23 heavy (non-hydrogen) atoms. The summed E-state index contributed by atoms with van der Waals surface area (Å²) in [6, 6.07) is 4.98. The van der Waals surface area contributed by atoms with Crippen molar-refractivity contribution >= 4 is 5.91 Å². The van der Waals surface area contributed by atoms with Crippen molar-refractivity contribution < 1.29 is 14.3 Å². The summed E-state index contributed by atoms with van der Waals surface area (Å²) in [5.41, 5.74) is 1.43. The molecular formula is C18H29FN2O2. The molecule has 1 rings (SSSR count). The highest BCUT2D eigenvalue weighted by molar-refractivity contribution is 5.78. The van der Waals surface area contributed by atoms with Crippen LogP contribution in [0.15, 0.2) is 18.2 Å². The van der Waals surface area contributed by atoms with Gasteiger partial charge in [-0.05, 0) is 36.0 Å². The summed E-state index contributed by atoms with van der Waals surface area (Å²) in [6.45, 7) is 10.2. The molecule has 0 aliphatic heterocycles. The number of amides is 1. The Morgan fingerprint density at radius 2 is 2.04 bits per heavy atom. The van der Waals surface area contributed by atoms with Crippen molar-refractivity contribution in [3.05, 3.63) is 35.1 Å². The van der Waals surface area contributed by atoms with Crippen molar-refractivity contribution in [2.75, 3.05) is 26.2 Å². The normalized spacial score (nSPS) is 11.8. The van der Waals surface area contributed by atoms with Crippen molar-refractivity contribution in [1.29, 1.82) is 0 Å². The van der Waals surface area contributed by atoms with E-state index in [2.05, 4.69) is 26.1 Å². The number of carbonyl (C=O) groups excluding carboxylic acids is 1. The topological polar surface area (TPSA) is 52.6 Å². The van der Waals surface area contributed by atoms with Crippen LogP contribution in [-0.2, 0) is 11.3 Å². The highest BCUT2D eigenvalue weighted by atomic mass is 19.1. The second-order valence-corrected chi connectivity index (χ2v) is 7.21. The highest BCUT2D eigenvalue weighted by Crippen LogP contribution is 2.15. The third kappa shape index (κ3) is 8.09. The van der Waals surface area contributed by atoms with Gasteiger partial charge in [0, 0.05) is 26.2 Å². The van der Waals surface area contributed by atoms with E-state index in [0.29, 0.717) is 25.1 Å². The molecule has 0 saturated carbocycles. The van der Waals surface area contributed by atoms with Gasteiger partial charge in [0.2, 0.25) is 5.91 Å². The van der Waals surface area contributed by atoms with Crippen LogP contribution in [0.25, 0.3) is 0 Å². The van der Waals surface area contributed by atoms with Crippen molar-refractivity contribution in [2.45, 2.75) is 40.7 Å². The summed E-state index contributed by atoms with van der Waals surface area (Å²) in [4.78, 5) is 14.2. The molecule has 0 saturated heterocycles. The van der Waals surface area contributed by atoms with Crippen LogP contribution < -0.4 is 5.32 Å². The number of aliphatic hydroxyl groups is 1. The zero-order valence-electron chi connectivity index (χ0n) is 14.7. The molecule has 2 N–H and O–H groups in total. The standard InChI is InChI=1S/C18H29FN2O2/c1-14-6-7-15(10-16(14)19)11-20-17(23)12-21(8-5-9-22)13-18(2,3)4/h6-7,10,22H,5,8-9,11-13H2,1-4H3,(H,20,23). The molecular weight excluding hydrogens is 295 g/mol. The van der Waals surface area contributed by atoms with Gasteiger partial charge < -0.3 is 10.4 Å². The number of rotatable bonds is 8. The van der Waals surface area contributed by atoms with E-state index in [4.69, 9.17) is 5.11 Å². The summed E-state index contributed by atoms with van der Waals surface area (Å²) in [6.07, 6.45) is 0.645. The summed E-state index contributed by atoms with van der Waals surface area (Å²) >= 11 is 0. The molecule has 0 unspecified atom stereocenters. The minimum absolute atomic E-state index is 0.0792. The van der Waals surface area contributed by atoms with Crippen LogP contribution in [0.1, 0.15) is 38.3 Å². The van der Waals surface area contributed by atoms with E-state index in [1.807, 2.05) is 11.0 Å². The van der Waals surface area contributed by atoms with Crippen molar-refractivity contribution in [1.82, 2.24) is 10.2 Å². The summed E-state index contributed by atoms with van der Waals surface area (Å²) in [5.74, 6) is -0.345. The van der Waals surface area contributed by atoms with Crippen LogP contribution in [0.5, 0.6) is 0 Å². The largest absolute Gasteiger partial charge is 0.396 e. The lowest BCUT2D eigenvalue weighted by molar-refractivity contribution is -0.122. The molecule has 0 radical (unpaired) electrons. The fraction of sp³-hybridized carbons (Fsp3) is 0.611. The van der Waals surface area contributed by atoms with Crippen LogP contribution >= 0.6 is 0 Å². The molecule has 0 spiro atoms. The molecule has 0 aliphatic rings. The third-order valence-electron chi connectivity index (χ3n) is 3.42. The van der Waals surface area contributed by atoms with Gasteiger partial charge in [-0.15, -0.1) is 0 Å². The molecule has 1 aromatic rings. The SMILES string of the molecule is Cc1ccc(CNC(=O)CN(CCCO)CC(C)(C)C)cc1F. The molecule has 0 aliphatic carbocycles. The molecule has 4 nitrogen and oxygen atoms in total. The average Bonchev–Trinajstić information content (AvgIpc) is 2.44. The Morgan fingerprint density at radius 3 is 2.61 bits per heavy atom. The van der Waals surface area contributed by atoms with Gasteiger partial charge in [-0.3, -0.25) is 9.69 Å². The van der Waals surface area contributed by atoms with E-state index in [-0.39, 0.29) is 30.3 Å². The average molecular weight is 324 g/mol. The Labute approximate surface area is 138 Å². The molecule has 0 aromatic heterocycles. The maximum atomic E-state index is 13.5. The molecule has 1 amide bonds. The van der Waals surface area contributed by atoms with Gasteiger partial charge in [0.25, 0.3) is 0 Å². The lowest BCUT2D eigenvalue weighted by atomic mass is 9.96. The Morgan fingerprint density at radius 1 is 1.35 bits per heavy atom. The van der Waals surface area contributed by atoms with Crippen LogP contribution in [-0.4, -0.2) is 42.2 Å². The number of nitrogens with zero attached hydrogens (tertiary/aromatic N) is 1. The first-order valence-electron chi connectivity index (χ1n) is 8.06. The smallest absolute Gasteiger partial charge is 0.234 e. The third-order valence-corrected chi connectivity index (χ3v) is 3.42. The van der Waals surface area contributed by atoms with Gasteiger partial charge in [-0.1, -0.05) is 32.9 Å². The first-order valence-corrected chi connectivity index (χ1v) is 8.06. The number of benzene rings is 1. The van der Waals surface area contributed by atoms with Crippen LogP contribution in [0.3, 0.4) is 0 Å². The molecule has 0 fully saturated rings. The molecule has 5 heteroatoms. The maximum absolute atomic E-state index is 13.5. The highest BCUT2D eigenvalue weighted by Gasteiger charge is 2.18. The first kappa shape index (κ1) is 19.6. The number of carbonyl (C=O) groups is 1. The van der Waals surface area contributed by atoms with Crippen molar-refractivity contribution in [3.8, 4) is 0 Å². The number of aliphatic hydroxyl groups excluding tert-OH is 1. The zero-order valence-corrected chi connectivity index (χ0v) is 14.7. The number of hydrogen-bond acceptors (Lipinski definition) is 3. The van der Waals surface area contributed by atoms with E-state index in [0.717, 1.165) is 12.1 Å². The fourth-order valence-electron chi connectivity index (χ4n) is 2.39. The lowest BCUT2D eigenvalue weighted by Gasteiger charge is -2.29. The quantitative estimate of drug-likeness (QED) is 0.772. The summed E-state index contributed by atoms with van der Waals surface area (Å²) < 4.78 is 13.5. The monoisotopic (exact) mass is 324 g/mol. The van der Waals surface area contributed by atoms with E-state index in [1.54, 1.807) is 13.0 Å². The molecule has 0 heterocycles. The van der Waals surface area contributed by atoms with Gasteiger partial charge >= 0.3 is 0 Å². The zero-order chi connectivity index (χ0) is 17.5. The van der Waals surface area contributed by atoms with Gasteiger partial charge in [0.1, 0.15) is 5.82 Å². The number of aryl methyl sites for hydroxylation is 1. The predicted octanol–water partition coefficient (Wildman–Crippen LogP) is 2.48. The minimum Gasteiger partial charge on any atom is -0.396 e. The Balaban J connectivity index is 2.52. The van der Waals surface area contributed by atoms with Crippen LogP contribution in [0, 0.1) is 18.2 Å². The summed E-state index contributed by atoms with van der Waals surface area (Å²) in [7, 11) is 0. The summed E-state index contributed by atoms with van der Waals surface area (Å²) in [5, 5.41) is 11.8. The molecule has 1 aromatic carbocycles. The fourth-order valence-corrected chi connectivity index (χ4v) is 2.39. The van der Waals surface area contributed by atoms with E-state index < -0.39 is 0 Å². The molecule has 0 atom stereocenters. The second-order valence-electron chi connectivity index (χ2n) is 7.21. The van der Waals surface area contributed by atoms with Gasteiger partial charge in [0.05, 0.1) is 6.54 Å². The second kappa shape index (κ2) is 8.99. The van der Waals surface area contributed by atoms with Crippen molar-refractivity contribution in [2.24, 2.45) is 5.41 Å². The van der Waals surface area contributed by atoms with E-state index in [1.165, 1.54) is 6.07 Å². The Bertz CT molecular complexity index is 512. The van der Waals surface area contributed by atoms with E-state index >= 15 is 0 Å². The number of nitrogens with one attached hydrogen (secondary N) is 1. The Hall–Kier alpha value is -1.46. The molecule has 130 valence electrons. The van der Waals surface area contributed by atoms with Gasteiger partial charge in [-0.25, -0.2) is 4.39 Å². The minimum atomic E-state index is -0.256. The van der Waals surface area contributed by atoms with Gasteiger partial charge in [-0.2, -0.15) is 0 Å². The predicted molar refractivity (Wildman–Crippen MR) is 90.6 cm³/mol. The van der Waals surface area contributed by atoms with Gasteiger partial charge in [0.15, 0.2) is 0 Å². The van der Waals surface area contributed by atoms with Crippen LogP contribution in [0.2, 0.25) is 0 Å². The Kier molecular flexibility index (Phi) is 7.65. The van der Waals surface area contributed by atoms with Crippen LogP contribution in [0.4, 0.5) is 4.39 Å². The lowest BCUT2D eigenvalue weighted by Crippen LogP contribution is -2.41. The van der Waals surface area contributed by atoms with Crippen molar-refractivity contribution in [3.63, 3.8) is 0 Å². The number of hydrogen-bond donors (Lipinski definition) is 2. The molecule has 0 bridgehead atoms. The number of halogens is 1. The van der Waals surface area contributed by atoms with E-state index in [9.17, 15) is 9.18 Å². The first-order chi connectivity index (χ1) is 10.7.